The normalized spacial score (nSPS) is 7.08. The monoisotopic (exact) mass is 198 g/mol. The molecule has 0 fully saturated rings. The van der Waals surface area contributed by atoms with Gasteiger partial charge in [0.05, 0.1) is 0 Å². The Bertz CT molecular complexity index is 174. The number of hydrogen-bond donors (Lipinski definition) is 3. The van der Waals surface area contributed by atoms with Gasteiger partial charge in [0.25, 0.3) is 11.0 Å². The lowest BCUT2D eigenvalue weighted by molar-refractivity contribution is -0.132. The molecule has 0 saturated heterocycles. The zero-order valence-electron chi connectivity index (χ0n) is 7.27. The van der Waals surface area contributed by atoms with Crippen LogP contribution in [0, 0.1) is 0 Å². The lowest BCUT2D eigenvalue weighted by atomic mass is 10.4. The van der Waals surface area contributed by atoms with Crippen LogP contribution in [0.5, 0.6) is 0 Å². The molecule has 0 heterocycles. The van der Waals surface area contributed by atoms with E-state index in [9.17, 15) is 4.79 Å². The Hall–Kier alpha value is -0.880. The highest BCUT2D eigenvalue weighted by atomic mass is 32.2. The maximum absolute atomic E-state index is 9.60. The van der Waals surface area contributed by atoms with E-state index in [1.165, 1.54) is 6.92 Å². The van der Waals surface area contributed by atoms with Crippen molar-refractivity contribution >= 4 is 17.0 Å². The lowest BCUT2D eigenvalue weighted by Crippen LogP contribution is -1.92. The van der Waals surface area contributed by atoms with E-state index in [0.29, 0.717) is 0 Å². The van der Waals surface area contributed by atoms with Gasteiger partial charge in [-0.05, 0) is 6.92 Å². The highest BCUT2D eigenvalue weighted by Crippen LogP contribution is 1.81. The SMILES string of the molecule is C=C(C)C(=O)O.CC.O=[SH](=O)O. The summed E-state index contributed by atoms with van der Waals surface area (Å²) in [5, 5.41) is 7.89. The predicted octanol–water partition coefficient (Wildman–Crippen LogP) is 0.744. The second kappa shape index (κ2) is 12.8. The first-order chi connectivity index (χ1) is 5.37. The van der Waals surface area contributed by atoms with Crippen molar-refractivity contribution < 1.29 is 22.9 Å². The predicted molar refractivity (Wildman–Crippen MR) is 46.7 cm³/mol. The summed E-state index contributed by atoms with van der Waals surface area (Å²) < 4.78 is 24.2. The first-order valence-corrected chi connectivity index (χ1v) is 4.23. The molecule has 0 aliphatic carbocycles. The Morgan fingerprint density at radius 3 is 1.42 bits per heavy atom. The Morgan fingerprint density at radius 1 is 1.33 bits per heavy atom. The smallest absolute Gasteiger partial charge is 0.330 e. The molecule has 0 unspecified atom stereocenters. The minimum atomic E-state index is -3.12. The molecule has 0 aromatic heterocycles. The van der Waals surface area contributed by atoms with E-state index in [2.05, 4.69) is 6.58 Å². The standard InChI is InChI=1S/C4H6O2.C2H6.H2O3S/c1-3(2)4(5)6;1-2;1-4(2)3/h1H2,2H3,(H,5,6);1-2H3;4H,(H,1,2,3). The van der Waals surface area contributed by atoms with Crippen molar-refractivity contribution in [1.29, 1.82) is 0 Å². The molecule has 12 heavy (non-hydrogen) atoms. The second-order valence-corrected chi connectivity index (χ2v) is 1.80. The fourth-order valence-electron chi connectivity index (χ4n) is 0. The van der Waals surface area contributed by atoms with Crippen LogP contribution in [0.4, 0.5) is 0 Å². The molecule has 0 rings (SSSR count). The van der Waals surface area contributed by atoms with Crippen LogP contribution < -0.4 is 0 Å². The zero-order valence-corrected chi connectivity index (χ0v) is 8.17. The third-order valence-corrected chi connectivity index (χ3v) is 0.365. The van der Waals surface area contributed by atoms with Gasteiger partial charge in [0, 0.05) is 5.57 Å². The van der Waals surface area contributed by atoms with Gasteiger partial charge < -0.3 is 5.11 Å². The van der Waals surface area contributed by atoms with E-state index >= 15 is 0 Å². The van der Waals surface area contributed by atoms with Gasteiger partial charge in [-0.1, -0.05) is 20.4 Å². The lowest BCUT2D eigenvalue weighted by Gasteiger charge is -1.79. The van der Waals surface area contributed by atoms with Gasteiger partial charge in [0.15, 0.2) is 0 Å². The van der Waals surface area contributed by atoms with Gasteiger partial charge >= 0.3 is 5.97 Å². The van der Waals surface area contributed by atoms with Crippen molar-refractivity contribution in [3.05, 3.63) is 12.2 Å². The molecule has 0 bridgehead atoms. The highest BCUT2D eigenvalue weighted by molar-refractivity contribution is 7.66. The minimum absolute atomic E-state index is 0.176. The number of carboxylic acids is 1. The fourth-order valence-corrected chi connectivity index (χ4v) is 0. The van der Waals surface area contributed by atoms with Gasteiger partial charge in [-0.15, -0.1) is 0 Å². The summed E-state index contributed by atoms with van der Waals surface area (Å²) in [6.07, 6.45) is 0. The Labute approximate surface area is 73.5 Å². The summed E-state index contributed by atoms with van der Waals surface area (Å²) in [7, 11) is -3.12. The summed E-state index contributed by atoms with van der Waals surface area (Å²) in [5.41, 5.74) is 0.176. The Kier molecular flexibility index (Phi) is 18.4. The van der Waals surface area contributed by atoms with Crippen LogP contribution in [0.1, 0.15) is 20.8 Å². The van der Waals surface area contributed by atoms with Crippen molar-refractivity contribution in [1.82, 2.24) is 0 Å². The highest BCUT2D eigenvalue weighted by Gasteiger charge is 1.90. The molecule has 2 N–H and O–H groups in total. The molecule has 0 spiro atoms. The van der Waals surface area contributed by atoms with Crippen molar-refractivity contribution in [3.8, 4) is 0 Å². The second-order valence-electron chi connectivity index (χ2n) is 1.32. The molecule has 6 heteroatoms. The number of thiol groups is 1. The first-order valence-electron chi connectivity index (χ1n) is 3.10. The van der Waals surface area contributed by atoms with Crippen LogP contribution in [0.3, 0.4) is 0 Å². The number of carboxylic acid groups (broad SMARTS) is 1. The van der Waals surface area contributed by atoms with Crippen molar-refractivity contribution in [2.75, 3.05) is 0 Å². The molecule has 0 atom stereocenters. The van der Waals surface area contributed by atoms with Crippen LogP contribution in [0.2, 0.25) is 0 Å². The molecule has 0 aromatic carbocycles. The summed E-state index contributed by atoms with van der Waals surface area (Å²) in [6, 6.07) is 0. The third-order valence-electron chi connectivity index (χ3n) is 0.365. The third kappa shape index (κ3) is 61.8. The maximum atomic E-state index is 9.60. The number of rotatable bonds is 1. The van der Waals surface area contributed by atoms with E-state index in [0.717, 1.165) is 0 Å². The molecule has 5 nitrogen and oxygen atoms in total. The molecule has 0 amide bonds. The van der Waals surface area contributed by atoms with E-state index in [1.54, 1.807) is 0 Å². The molecule has 0 aliphatic heterocycles. The first kappa shape index (κ1) is 17.3. The van der Waals surface area contributed by atoms with Crippen molar-refractivity contribution in [2.24, 2.45) is 0 Å². The topological polar surface area (TPSA) is 91.7 Å². The van der Waals surface area contributed by atoms with Crippen LogP contribution in [-0.4, -0.2) is 24.0 Å². The molecule has 0 radical (unpaired) electrons. The summed E-state index contributed by atoms with van der Waals surface area (Å²) in [6.45, 7) is 8.60. The van der Waals surface area contributed by atoms with Gasteiger partial charge in [-0.3, -0.25) is 4.55 Å². The number of aliphatic carboxylic acids is 1. The van der Waals surface area contributed by atoms with Gasteiger partial charge in [-0.2, -0.15) is 0 Å². The van der Waals surface area contributed by atoms with E-state index < -0.39 is 17.0 Å². The molecule has 0 aliphatic rings. The zero-order chi connectivity index (χ0) is 10.7. The van der Waals surface area contributed by atoms with Crippen LogP contribution in [0.15, 0.2) is 12.2 Å². The summed E-state index contributed by atoms with van der Waals surface area (Å²) in [5.74, 6) is -0.935. The van der Waals surface area contributed by atoms with Crippen molar-refractivity contribution in [2.45, 2.75) is 20.8 Å². The van der Waals surface area contributed by atoms with Crippen LogP contribution in [-0.2, 0) is 15.8 Å². The van der Waals surface area contributed by atoms with Gasteiger partial charge in [-0.25, -0.2) is 13.2 Å². The fraction of sp³-hybridized carbons (Fsp3) is 0.500. The van der Waals surface area contributed by atoms with Crippen LogP contribution >= 0.6 is 0 Å². The molecule has 0 aromatic rings. The molecular formula is C6H14O5S. The average molecular weight is 198 g/mol. The molecular weight excluding hydrogens is 184 g/mol. The van der Waals surface area contributed by atoms with E-state index in [4.69, 9.17) is 18.1 Å². The molecule has 74 valence electrons. The average Bonchev–Trinajstić information content (AvgIpc) is 1.90. The Balaban J connectivity index is -0.000000118. The quantitative estimate of drug-likeness (QED) is 0.328. The van der Waals surface area contributed by atoms with E-state index in [1.807, 2.05) is 13.8 Å². The summed E-state index contributed by atoms with van der Waals surface area (Å²) in [4.78, 5) is 9.60. The number of hydrogen-bond acceptors (Lipinski definition) is 3. The van der Waals surface area contributed by atoms with Crippen molar-refractivity contribution in [3.63, 3.8) is 0 Å². The van der Waals surface area contributed by atoms with E-state index in [-0.39, 0.29) is 5.57 Å². The maximum Gasteiger partial charge on any atom is 0.330 e. The van der Waals surface area contributed by atoms with Gasteiger partial charge in [0.2, 0.25) is 0 Å². The number of carbonyl (C=O) groups is 1. The minimum Gasteiger partial charge on any atom is -0.478 e. The van der Waals surface area contributed by atoms with Crippen LogP contribution in [0.25, 0.3) is 0 Å². The largest absolute Gasteiger partial charge is 0.478 e. The van der Waals surface area contributed by atoms with Gasteiger partial charge in [0.1, 0.15) is 0 Å². The Morgan fingerprint density at radius 2 is 1.42 bits per heavy atom. The molecule has 0 saturated carbocycles. The summed E-state index contributed by atoms with van der Waals surface area (Å²) >= 11 is 0.